The molecule has 0 saturated heterocycles. The highest BCUT2D eigenvalue weighted by molar-refractivity contribution is 6.04. The molecule has 4 aromatic rings. The summed E-state index contributed by atoms with van der Waals surface area (Å²) in [6.07, 6.45) is 1.54. The number of hydrogen-bond donors (Lipinski definition) is 1. The second-order valence-electron chi connectivity index (χ2n) is 7.49. The number of carbonyl (C=O) groups excluding carboxylic acids is 1. The van der Waals surface area contributed by atoms with Gasteiger partial charge in [-0.2, -0.15) is 5.10 Å². The highest BCUT2D eigenvalue weighted by atomic mass is 19.1. The highest BCUT2D eigenvalue weighted by Gasteiger charge is 2.21. The lowest BCUT2D eigenvalue weighted by atomic mass is 10.2. The number of anilines is 1. The van der Waals surface area contributed by atoms with Crippen molar-refractivity contribution >= 4 is 11.6 Å². The maximum absolute atomic E-state index is 13.4. The molecule has 0 aliphatic carbocycles. The molecule has 0 atom stereocenters. The molecule has 9 heteroatoms. The molecule has 0 fully saturated rings. The van der Waals surface area contributed by atoms with E-state index in [9.17, 15) is 13.6 Å². The van der Waals surface area contributed by atoms with E-state index in [4.69, 9.17) is 14.2 Å². The van der Waals surface area contributed by atoms with Crippen LogP contribution in [-0.4, -0.2) is 28.9 Å². The van der Waals surface area contributed by atoms with Gasteiger partial charge in [0.2, 0.25) is 0 Å². The monoisotopic (exact) mass is 463 g/mol. The Labute approximate surface area is 193 Å². The van der Waals surface area contributed by atoms with E-state index in [1.165, 1.54) is 47.3 Å². The van der Waals surface area contributed by atoms with Crippen molar-refractivity contribution in [2.24, 2.45) is 0 Å². The molecule has 1 aromatic heterocycles. The van der Waals surface area contributed by atoms with Gasteiger partial charge in [0.15, 0.2) is 22.9 Å². The van der Waals surface area contributed by atoms with Crippen molar-refractivity contribution in [1.29, 1.82) is 0 Å². The zero-order chi connectivity index (χ0) is 23.5. The molecule has 1 aliphatic rings. The van der Waals surface area contributed by atoms with Crippen LogP contribution in [0.2, 0.25) is 0 Å². The molecular weight excluding hydrogens is 444 g/mol. The van der Waals surface area contributed by atoms with E-state index in [1.807, 2.05) is 0 Å². The topological polar surface area (TPSA) is 74.6 Å². The molecule has 0 saturated carbocycles. The summed E-state index contributed by atoms with van der Waals surface area (Å²) in [6.45, 7) is 0.988. The zero-order valence-electron chi connectivity index (χ0n) is 17.8. The summed E-state index contributed by atoms with van der Waals surface area (Å²) in [4.78, 5) is 13.1. The molecule has 2 heterocycles. The first-order valence-corrected chi connectivity index (χ1v) is 10.5. The van der Waals surface area contributed by atoms with Gasteiger partial charge in [-0.3, -0.25) is 4.79 Å². The fourth-order valence-electron chi connectivity index (χ4n) is 3.40. The van der Waals surface area contributed by atoms with Crippen LogP contribution in [0.5, 0.6) is 17.2 Å². The number of aromatic nitrogens is 2. The first-order valence-electron chi connectivity index (χ1n) is 10.5. The Kier molecular flexibility index (Phi) is 5.82. The molecule has 0 unspecified atom stereocenters. The highest BCUT2D eigenvalue weighted by Crippen LogP contribution is 2.33. The minimum Gasteiger partial charge on any atom is -0.486 e. The third kappa shape index (κ3) is 4.68. The molecular formula is C25H19F2N3O4. The largest absolute Gasteiger partial charge is 0.486 e. The lowest BCUT2D eigenvalue weighted by Crippen LogP contribution is -2.17. The number of fused-ring (bicyclic) bond motifs is 1. The van der Waals surface area contributed by atoms with Crippen molar-refractivity contribution in [3.63, 3.8) is 0 Å². The number of amides is 1. The summed E-state index contributed by atoms with van der Waals surface area (Å²) in [6, 6.07) is 16.6. The number of nitrogens with zero attached hydrogens (tertiary/aromatic N) is 2. The van der Waals surface area contributed by atoms with Crippen molar-refractivity contribution in [1.82, 2.24) is 9.78 Å². The predicted octanol–water partition coefficient (Wildman–Crippen LogP) is 4.75. The first kappa shape index (κ1) is 21.4. The molecule has 172 valence electrons. The van der Waals surface area contributed by atoms with Crippen molar-refractivity contribution < 1.29 is 27.8 Å². The average Bonchev–Trinajstić information content (AvgIpc) is 3.28. The number of nitrogens with one attached hydrogen (secondary N) is 1. The van der Waals surface area contributed by atoms with Gasteiger partial charge in [-0.25, -0.2) is 13.5 Å². The Morgan fingerprint density at radius 2 is 1.62 bits per heavy atom. The van der Waals surface area contributed by atoms with Crippen molar-refractivity contribution in [2.75, 3.05) is 18.5 Å². The van der Waals surface area contributed by atoms with Crippen LogP contribution in [0.15, 0.2) is 72.9 Å². The maximum Gasteiger partial charge on any atom is 0.280 e. The summed E-state index contributed by atoms with van der Waals surface area (Å²) in [5, 5.41) is 7.15. The van der Waals surface area contributed by atoms with Crippen molar-refractivity contribution in [2.45, 2.75) is 6.61 Å². The van der Waals surface area contributed by atoms with Crippen molar-refractivity contribution in [3.05, 3.63) is 95.8 Å². The first-order chi connectivity index (χ1) is 16.5. The fraction of sp³-hybridized carbons (Fsp3) is 0.120. The quantitative estimate of drug-likeness (QED) is 0.447. The summed E-state index contributed by atoms with van der Waals surface area (Å²) in [7, 11) is 0. The Balaban J connectivity index is 1.41. The van der Waals surface area contributed by atoms with Gasteiger partial charge >= 0.3 is 0 Å². The number of ether oxygens (including phenoxy) is 3. The molecule has 34 heavy (non-hydrogen) atoms. The predicted molar refractivity (Wildman–Crippen MR) is 120 cm³/mol. The maximum atomic E-state index is 13.4. The van der Waals surface area contributed by atoms with Crippen LogP contribution < -0.4 is 19.5 Å². The standard InChI is InChI=1S/C25H19F2N3O4/c26-17-3-1-16(2-4-17)15-34-23-14-30(20-8-5-18(27)6-9-20)29-24(23)25(31)28-19-7-10-21-22(13-19)33-12-11-32-21/h1-10,13-14H,11-12,15H2,(H,28,31). The molecule has 3 aromatic carbocycles. The average molecular weight is 463 g/mol. The third-order valence-electron chi connectivity index (χ3n) is 5.09. The van der Waals surface area contributed by atoms with Crippen LogP contribution in [0.3, 0.4) is 0 Å². The third-order valence-corrected chi connectivity index (χ3v) is 5.09. The van der Waals surface area contributed by atoms with Crippen LogP contribution in [0.25, 0.3) is 5.69 Å². The summed E-state index contributed by atoms with van der Waals surface area (Å²) >= 11 is 0. The normalized spacial score (nSPS) is 12.3. The fourth-order valence-corrected chi connectivity index (χ4v) is 3.40. The van der Waals surface area contributed by atoms with Gasteiger partial charge in [0, 0.05) is 11.8 Å². The lowest BCUT2D eigenvalue weighted by molar-refractivity contribution is 0.101. The van der Waals surface area contributed by atoms with E-state index in [2.05, 4.69) is 10.4 Å². The number of carbonyl (C=O) groups is 1. The SMILES string of the molecule is O=C(Nc1ccc2c(c1)OCCO2)c1nn(-c2ccc(F)cc2)cc1OCc1ccc(F)cc1. The van der Waals surface area contributed by atoms with Crippen LogP contribution >= 0.6 is 0 Å². The Bertz CT molecular complexity index is 1320. The molecule has 1 N–H and O–H groups in total. The van der Waals surface area contributed by atoms with Crippen molar-refractivity contribution in [3.8, 4) is 22.9 Å². The number of rotatable bonds is 6. The zero-order valence-corrected chi connectivity index (χ0v) is 17.8. The second kappa shape index (κ2) is 9.22. The van der Waals surface area contributed by atoms with E-state index in [0.29, 0.717) is 41.7 Å². The minimum atomic E-state index is -0.508. The van der Waals surface area contributed by atoms with Gasteiger partial charge in [-0.05, 0) is 54.1 Å². The van der Waals surface area contributed by atoms with Crippen LogP contribution in [0.4, 0.5) is 14.5 Å². The smallest absolute Gasteiger partial charge is 0.280 e. The number of benzene rings is 3. The summed E-state index contributed by atoms with van der Waals surface area (Å²) in [5.41, 5.74) is 1.79. The molecule has 1 aliphatic heterocycles. The van der Waals surface area contributed by atoms with Gasteiger partial charge in [0.25, 0.3) is 5.91 Å². The van der Waals surface area contributed by atoms with E-state index >= 15 is 0 Å². The molecule has 0 spiro atoms. The van der Waals surface area contributed by atoms with Gasteiger partial charge in [-0.15, -0.1) is 0 Å². The van der Waals surface area contributed by atoms with E-state index in [1.54, 1.807) is 30.3 Å². The van der Waals surface area contributed by atoms with Gasteiger partial charge in [0.1, 0.15) is 31.5 Å². The second-order valence-corrected chi connectivity index (χ2v) is 7.49. The summed E-state index contributed by atoms with van der Waals surface area (Å²) in [5.74, 6) is 0.102. The van der Waals surface area contributed by atoms with Crippen LogP contribution in [0.1, 0.15) is 16.1 Å². The Hall–Kier alpha value is -4.40. The molecule has 0 bridgehead atoms. The van der Waals surface area contributed by atoms with E-state index < -0.39 is 5.91 Å². The Morgan fingerprint density at radius 3 is 2.35 bits per heavy atom. The minimum absolute atomic E-state index is 0.0290. The van der Waals surface area contributed by atoms with E-state index in [-0.39, 0.29) is 29.7 Å². The van der Waals surface area contributed by atoms with Gasteiger partial charge in [-0.1, -0.05) is 12.1 Å². The van der Waals surface area contributed by atoms with Gasteiger partial charge in [0.05, 0.1) is 11.9 Å². The summed E-state index contributed by atoms with van der Waals surface area (Å²) < 4.78 is 44.9. The number of halogens is 2. The van der Waals surface area contributed by atoms with Crippen LogP contribution in [0, 0.1) is 11.6 Å². The Morgan fingerprint density at radius 1 is 0.941 bits per heavy atom. The van der Waals surface area contributed by atoms with Crippen LogP contribution in [-0.2, 0) is 6.61 Å². The van der Waals surface area contributed by atoms with Gasteiger partial charge < -0.3 is 19.5 Å². The molecule has 1 amide bonds. The lowest BCUT2D eigenvalue weighted by Gasteiger charge is -2.18. The van der Waals surface area contributed by atoms with E-state index in [0.717, 1.165) is 0 Å². The molecule has 0 radical (unpaired) electrons. The number of hydrogen-bond acceptors (Lipinski definition) is 5. The molecule has 7 nitrogen and oxygen atoms in total. The molecule has 5 rings (SSSR count).